The van der Waals surface area contributed by atoms with Gasteiger partial charge < -0.3 is 9.88 Å². The molecule has 2 saturated carbocycles. The molecule has 2 fully saturated rings. The molecule has 4 unspecified atom stereocenters. The van der Waals surface area contributed by atoms with E-state index < -0.39 is 8.24 Å². The summed E-state index contributed by atoms with van der Waals surface area (Å²) in [5.74, 6) is 3.07. The second-order valence-electron chi connectivity index (χ2n) is 12.1. The Labute approximate surface area is 207 Å². The number of hydrogen-bond acceptors (Lipinski definition) is 1. The van der Waals surface area contributed by atoms with Crippen molar-refractivity contribution in [3.05, 3.63) is 29.2 Å². The third-order valence-electron chi connectivity index (χ3n) is 9.73. The predicted molar refractivity (Wildman–Crippen MR) is 150 cm³/mol. The van der Waals surface area contributed by atoms with Gasteiger partial charge in [0.15, 0.2) is 0 Å². The minimum atomic E-state index is -2.10. The molecule has 3 heteroatoms. The second-order valence-corrected chi connectivity index (χ2v) is 15.8. The second kappa shape index (κ2) is 12.2. The molecule has 0 aromatic heterocycles. The lowest BCUT2D eigenvalue weighted by molar-refractivity contribution is 0.352. The predicted octanol–water partition coefficient (Wildman–Crippen LogP) is 8.51. The summed E-state index contributed by atoms with van der Waals surface area (Å²) in [6.07, 6.45) is 15.4. The summed E-state index contributed by atoms with van der Waals surface area (Å²) in [6.45, 7) is 12.8. The van der Waals surface area contributed by atoms with Crippen LogP contribution in [0.2, 0.25) is 12.1 Å². The van der Waals surface area contributed by atoms with Crippen molar-refractivity contribution >= 4 is 19.1 Å². The Morgan fingerprint density at radius 3 is 1.64 bits per heavy atom. The summed E-state index contributed by atoms with van der Waals surface area (Å²) < 4.78 is 0. The van der Waals surface area contributed by atoms with Crippen LogP contribution in [0.15, 0.2) is 24.3 Å². The van der Waals surface area contributed by atoms with Crippen molar-refractivity contribution in [2.45, 2.75) is 116 Å². The molecular weight excluding hydrogens is 416 g/mol. The summed E-state index contributed by atoms with van der Waals surface area (Å²) >= 11 is 0. The smallest absolute Gasteiger partial charge is 0.0334 e. The molecule has 3 rings (SSSR count). The minimum absolute atomic E-state index is 0.557. The third-order valence-corrected chi connectivity index (χ3v) is 14.5. The molecule has 2 aliphatic carbocycles. The number of rotatable bonds is 5. The van der Waals surface area contributed by atoms with Gasteiger partial charge in [-0.1, -0.05) is 134 Å². The van der Waals surface area contributed by atoms with E-state index in [1.165, 1.54) is 76.3 Å². The molecule has 1 aromatic carbocycles. The van der Waals surface area contributed by atoms with Crippen LogP contribution in [-0.2, 0) is 0 Å². The molecule has 0 spiro atoms. The van der Waals surface area contributed by atoms with Crippen LogP contribution in [0.1, 0.15) is 98.3 Å². The quantitative estimate of drug-likeness (QED) is 0.395. The van der Waals surface area contributed by atoms with Gasteiger partial charge in [-0.25, -0.2) is 0 Å². The van der Waals surface area contributed by atoms with Gasteiger partial charge in [0.25, 0.3) is 0 Å². The molecule has 5 atom stereocenters. The van der Waals surface area contributed by atoms with Crippen LogP contribution in [0.4, 0.5) is 5.69 Å². The van der Waals surface area contributed by atoms with E-state index in [0.717, 1.165) is 29.2 Å². The lowest BCUT2D eigenvalue weighted by Crippen LogP contribution is -2.54. The van der Waals surface area contributed by atoms with Gasteiger partial charge in [-0.15, -0.1) is 6.04 Å². The Kier molecular flexibility index (Phi) is 9.94. The van der Waals surface area contributed by atoms with E-state index in [0.29, 0.717) is 6.04 Å². The summed E-state index contributed by atoms with van der Waals surface area (Å²) in [5, 5.41) is 1.59. The molecule has 2 aliphatic rings. The zero-order valence-electron chi connectivity index (χ0n) is 22.9. The van der Waals surface area contributed by atoms with Crippen LogP contribution in [0, 0.1) is 23.7 Å². The Hall–Kier alpha value is -0.803. The van der Waals surface area contributed by atoms with Crippen LogP contribution >= 0.6 is 0 Å². The molecule has 188 valence electrons. The molecule has 2 nitrogen and oxygen atoms in total. The van der Waals surface area contributed by atoms with Crippen LogP contribution < -0.4 is 10.1 Å². The molecule has 0 radical (unpaired) electrons. The highest BCUT2D eigenvalue weighted by Gasteiger charge is 2.48. The maximum Gasteiger partial charge on any atom is 0.0334 e. The fourth-order valence-corrected chi connectivity index (χ4v) is 13.0. The van der Waals surface area contributed by atoms with Crippen LogP contribution in [0.3, 0.4) is 0 Å². The SMILES string of the molecule is CC1C(C)C(C)C([Si@@](C)([N-]C2CCCCCCCCCCC2)c2ccccc2N(C)C)C1C. The van der Waals surface area contributed by atoms with E-state index in [4.69, 9.17) is 4.98 Å². The zero-order chi connectivity index (χ0) is 24.0. The summed E-state index contributed by atoms with van der Waals surface area (Å²) in [6, 6.07) is 9.85. The number of para-hydroxylation sites is 1. The van der Waals surface area contributed by atoms with Crippen molar-refractivity contribution in [2.75, 3.05) is 19.0 Å². The fraction of sp³-hybridized carbons (Fsp3) is 0.800. The highest BCUT2D eigenvalue weighted by molar-refractivity contribution is 6.96. The highest BCUT2D eigenvalue weighted by Crippen LogP contribution is 2.55. The van der Waals surface area contributed by atoms with Crippen molar-refractivity contribution in [1.82, 2.24) is 0 Å². The van der Waals surface area contributed by atoms with Gasteiger partial charge in [0.2, 0.25) is 0 Å². The van der Waals surface area contributed by atoms with Crippen molar-refractivity contribution < 1.29 is 0 Å². The van der Waals surface area contributed by atoms with Crippen LogP contribution in [-0.4, -0.2) is 28.4 Å². The van der Waals surface area contributed by atoms with Crippen molar-refractivity contribution in [2.24, 2.45) is 23.7 Å². The number of anilines is 1. The average Bonchev–Trinajstić information content (AvgIpc) is 2.98. The third kappa shape index (κ3) is 6.26. The summed E-state index contributed by atoms with van der Waals surface area (Å²) in [5.41, 5.74) is 2.14. The Balaban J connectivity index is 1.96. The molecule has 0 N–H and O–H groups in total. The molecule has 0 bridgehead atoms. The van der Waals surface area contributed by atoms with Crippen molar-refractivity contribution in [3.8, 4) is 0 Å². The first kappa shape index (κ1) is 26.8. The minimum Gasteiger partial charge on any atom is -0.658 e. The van der Waals surface area contributed by atoms with E-state index >= 15 is 0 Å². The summed E-state index contributed by atoms with van der Waals surface area (Å²) in [4.78, 5) is 8.41. The molecule has 1 aromatic rings. The van der Waals surface area contributed by atoms with Gasteiger partial charge in [0.1, 0.15) is 0 Å². The Morgan fingerprint density at radius 2 is 1.15 bits per heavy atom. The van der Waals surface area contributed by atoms with Crippen molar-refractivity contribution in [1.29, 1.82) is 0 Å². The molecule has 0 amide bonds. The highest BCUT2D eigenvalue weighted by atomic mass is 28.3. The maximum atomic E-state index is 6.07. The van der Waals surface area contributed by atoms with E-state index in [-0.39, 0.29) is 0 Å². The van der Waals surface area contributed by atoms with Crippen LogP contribution in [0.25, 0.3) is 4.98 Å². The molecule has 0 heterocycles. The van der Waals surface area contributed by atoms with Gasteiger partial charge in [-0.2, -0.15) is 0 Å². The standard InChI is InChI=1S/C30H53N2Si/c1-23-24(2)26(4)30(25(23)3)33(7,29-22-18-17-21-28(29)32(5)6)31-27-19-15-13-11-9-8-10-12-14-16-20-27/h17-18,21-27,30H,8-16,19-20H2,1-7H3/q-1/t23?,24?,25?,26?,30?,33-/m0/s1. The average molecular weight is 470 g/mol. The lowest BCUT2D eigenvalue weighted by Gasteiger charge is -2.55. The first-order valence-electron chi connectivity index (χ1n) is 14.3. The van der Waals surface area contributed by atoms with E-state index in [1.807, 2.05) is 0 Å². The monoisotopic (exact) mass is 469 g/mol. The Bertz CT molecular complexity index is 693. The summed E-state index contributed by atoms with van der Waals surface area (Å²) in [7, 11) is 2.33. The van der Waals surface area contributed by atoms with E-state index in [1.54, 1.807) is 5.19 Å². The lowest BCUT2D eigenvalue weighted by atomic mass is 9.92. The van der Waals surface area contributed by atoms with Gasteiger partial charge >= 0.3 is 0 Å². The van der Waals surface area contributed by atoms with Gasteiger partial charge in [-0.3, -0.25) is 0 Å². The van der Waals surface area contributed by atoms with Gasteiger partial charge in [-0.05, 0) is 38.0 Å². The topological polar surface area (TPSA) is 17.3 Å². The number of nitrogens with zero attached hydrogens (tertiary/aromatic N) is 2. The molecule has 0 saturated heterocycles. The molecular formula is C30H53N2Si-. The molecule has 33 heavy (non-hydrogen) atoms. The first-order chi connectivity index (χ1) is 15.8. The fourth-order valence-electron chi connectivity index (χ4n) is 7.39. The van der Waals surface area contributed by atoms with Crippen molar-refractivity contribution in [3.63, 3.8) is 0 Å². The largest absolute Gasteiger partial charge is 0.658 e. The normalized spacial score (nSPS) is 32.5. The first-order valence-corrected chi connectivity index (χ1v) is 16.8. The van der Waals surface area contributed by atoms with Crippen LogP contribution in [0.5, 0.6) is 0 Å². The maximum absolute atomic E-state index is 6.07. The number of benzene rings is 1. The van der Waals surface area contributed by atoms with E-state index in [2.05, 4.69) is 77.5 Å². The van der Waals surface area contributed by atoms with E-state index in [9.17, 15) is 0 Å². The van der Waals surface area contributed by atoms with Gasteiger partial charge in [0, 0.05) is 19.8 Å². The Morgan fingerprint density at radius 1 is 0.697 bits per heavy atom. The molecule has 0 aliphatic heterocycles. The zero-order valence-corrected chi connectivity index (χ0v) is 23.9. The number of hydrogen-bond donors (Lipinski definition) is 0. The van der Waals surface area contributed by atoms with Gasteiger partial charge in [0.05, 0.1) is 0 Å².